The van der Waals surface area contributed by atoms with Crippen LogP contribution in [0.15, 0.2) is 47.8 Å². The normalized spacial score (nSPS) is 26.9. The maximum atomic E-state index is 12.7. The number of carbonyl (C=O) groups is 2. The van der Waals surface area contributed by atoms with Gasteiger partial charge >= 0.3 is 5.97 Å². The van der Waals surface area contributed by atoms with Crippen molar-refractivity contribution in [1.82, 2.24) is 0 Å². The number of carbonyl (C=O) groups excluding carboxylic acids is 2. The van der Waals surface area contributed by atoms with Crippen molar-refractivity contribution in [3.05, 3.63) is 58.9 Å². The van der Waals surface area contributed by atoms with Crippen LogP contribution in [0.25, 0.3) is 0 Å². The first-order chi connectivity index (χ1) is 13.2. The summed E-state index contributed by atoms with van der Waals surface area (Å²) >= 11 is 0. The Balaban J connectivity index is 1.93. The predicted octanol–water partition coefficient (Wildman–Crippen LogP) is 2.30. The number of aliphatic hydroxyl groups is 1. The van der Waals surface area contributed by atoms with Crippen molar-refractivity contribution in [3.63, 3.8) is 0 Å². The molecule has 0 spiro atoms. The van der Waals surface area contributed by atoms with Crippen LogP contribution in [0.4, 0.5) is 0 Å². The molecule has 0 aromatic heterocycles. The van der Waals surface area contributed by atoms with Crippen LogP contribution in [-0.4, -0.2) is 45.4 Å². The van der Waals surface area contributed by atoms with Crippen molar-refractivity contribution >= 4 is 11.8 Å². The predicted molar refractivity (Wildman–Crippen MR) is 99.8 cm³/mol. The minimum atomic E-state index is -1.84. The molecule has 1 heterocycles. The van der Waals surface area contributed by atoms with Crippen LogP contribution in [-0.2, 0) is 14.3 Å². The molecule has 7 nitrogen and oxygen atoms in total. The Morgan fingerprint density at radius 1 is 1.32 bits per heavy atom. The smallest absolute Gasteiger partial charge is 0.343 e. The molecular formula is C21H22O7. The fraction of sp³-hybridized carbons (Fsp3) is 0.333. The van der Waals surface area contributed by atoms with Crippen molar-refractivity contribution in [3.8, 4) is 11.5 Å². The SMILES string of the molecule is C/C=C/C1=CC2=CC(=O)[C@](C)(OC(=O)c3c(C)cc(O)cc3O)[C@H](O)[C@H]2CO1. The molecule has 1 aliphatic carbocycles. The Morgan fingerprint density at radius 3 is 2.68 bits per heavy atom. The molecule has 3 atom stereocenters. The Labute approximate surface area is 162 Å². The van der Waals surface area contributed by atoms with Gasteiger partial charge in [0.25, 0.3) is 0 Å². The summed E-state index contributed by atoms with van der Waals surface area (Å²) in [5.41, 5.74) is -1.13. The average Bonchev–Trinajstić information content (AvgIpc) is 2.59. The summed E-state index contributed by atoms with van der Waals surface area (Å²) < 4.78 is 11.0. The van der Waals surface area contributed by atoms with Crippen molar-refractivity contribution in [1.29, 1.82) is 0 Å². The summed E-state index contributed by atoms with van der Waals surface area (Å²) in [6.07, 6.45) is 5.24. The lowest BCUT2D eigenvalue weighted by atomic mass is 9.74. The second-order valence-electron chi connectivity index (χ2n) is 7.07. The van der Waals surface area contributed by atoms with Gasteiger partial charge in [0.05, 0.1) is 6.61 Å². The molecule has 28 heavy (non-hydrogen) atoms. The number of hydrogen-bond acceptors (Lipinski definition) is 7. The number of ether oxygens (including phenoxy) is 2. The van der Waals surface area contributed by atoms with E-state index < -0.39 is 35.1 Å². The molecular weight excluding hydrogens is 364 g/mol. The number of fused-ring (bicyclic) bond motifs is 1. The molecule has 1 aromatic carbocycles. The summed E-state index contributed by atoms with van der Waals surface area (Å²) in [6, 6.07) is 2.30. The van der Waals surface area contributed by atoms with E-state index in [1.54, 1.807) is 18.2 Å². The first-order valence-electron chi connectivity index (χ1n) is 8.84. The fourth-order valence-corrected chi connectivity index (χ4v) is 3.47. The van der Waals surface area contributed by atoms with Crippen molar-refractivity contribution in [2.75, 3.05) is 6.61 Å². The van der Waals surface area contributed by atoms with E-state index in [0.717, 1.165) is 6.07 Å². The number of allylic oxidation sites excluding steroid dienone is 3. The van der Waals surface area contributed by atoms with Crippen molar-refractivity contribution < 1.29 is 34.4 Å². The van der Waals surface area contributed by atoms with Gasteiger partial charge in [-0.3, -0.25) is 4.79 Å². The summed E-state index contributed by atoms with van der Waals surface area (Å²) in [7, 11) is 0. The quantitative estimate of drug-likeness (QED) is 0.683. The first kappa shape index (κ1) is 19.7. The Kier molecular flexibility index (Phi) is 5.04. The third kappa shape index (κ3) is 3.29. The number of hydrogen-bond donors (Lipinski definition) is 3. The second-order valence-corrected chi connectivity index (χ2v) is 7.07. The van der Waals surface area contributed by atoms with Gasteiger partial charge in [-0.25, -0.2) is 4.79 Å². The number of phenols is 2. The number of ketones is 1. The van der Waals surface area contributed by atoms with Gasteiger partial charge in [-0.05, 0) is 56.2 Å². The average molecular weight is 386 g/mol. The summed E-state index contributed by atoms with van der Waals surface area (Å²) in [4.78, 5) is 25.4. The molecule has 0 radical (unpaired) electrons. The third-order valence-electron chi connectivity index (χ3n) is 5.04. The highest BCUT2D eigenvalue weighted by molar-refractivity contribution is 6.03. The fourth-order valence-electron chi connectivity index (χ4n) is 3.47. The van der Waals surface area contributed by atoms with Crippen LogP contribution in [0, 0.1) is 12.8 Å². The Bertz CT molecular complexity index is 902. The van der Waals surface area contributed by atoms with Gasteiger partial charge in [0.15, 0.2) is 5.60 Å². The van der Waals surface area contributed by atoms with Gasteiger partial charge in [0, 0.05) is 12.0 Å². The molecule has 7 heteroatoms. The molecule has 2 aliphatic rings. The lowest BCUT2D eigenvalue weighted by Gasteiger charge is -2.41. The van der Waals surface area contributed by atoms with E-state index in [2.05, 4.69) is 0 Å². The van der Waals surface area contributed by atoms with E-state index in [1.807, 2.05) is 6.92 Å². The highest BCUT2D eigenvalue weighted by Crippen LogP contribution is 2.38. The van der Waals surface area contributed by atoms with Crippen LogP contribution in [0.5, 0.6) is 11.5 Å². The van der Waals surface area contributed by atoms with Gasteiger partial charge in [0.2, 0.25) is 5.78 Å². The van der Waals surface area contributed by atoms with E-state index in [9.17, 15) is 24.9 Å². The molecule has 1 aromatic rings. The molecule has 0 saturated carbocycles. The number of rotatable bonds is 3. The molecule has 0 bridgehead atoms. The molecule has 0 saturated heterocycles. The first-order valence-corrected chi connectivity index (χ1v) is 8.84. The minimum absolute atomic E-state index is 0.132. The maximum Gasteiger partial charge on any atom is 0.343 e. The number of benzene rings is 1. The Morgan fingerprint density at radius 2 is 2.04 bits per heavy atom. The number of aryl methyl sites for hydroxylation is 1. The van der Waals surface area contributed by atoms with E-state index in [1.165, 1.54) is 26.0 Å². The number of esters is 1. The largest absolute Gasteiger partial charge is 0.508 e. The number of aromatic hydroxyl groups is 2. The highest BCUT2D eigenvalue weighted by atomic mass is 16.6. The molecule has 0 amide bonds. The summed E-state index contributed by atoms with van der Waals surface area (Å²) in [5.74, 6) is -2.17. The topological polar surface area (TPSA) is 113 Å². The molecule has 0 fully saturated rings. The van der Waals surface area contributed by atoms with Crippen molar-refractivity contribution in [2.24, 2.45) is 5.92 Å². The van der Waals surface area contributed by atoms with Crippen LogP contribution >= 0.6 is 0 Å². The molecule has 1 aliphatic heterocycles. The Hall–Kier alpha value is -3.06. The van der Waals surface area contributed by atoms with E-state index in [4.69, 9.17) is 9.47 Å². The van der Waals surface area contributed by atoms with Gasteiger partial charge in [-0.2, -0.15) is 0 Å². The maximum absolute atomic E-state index is 12.7. The second kappa shape index (κ2) is 7.16. The van der Waals surface area contributed by atoms with Gasteiger partial charge < -0.3 is 24.8 Å². The van der Waals surface area contributed by atoms with E-state index in [0.29, 0.717) is 11.3 Å². The van der Waals surface area contributed by atoms with E-state index >= 15 is 0 Å². The lowest BCUT2D eigenvalue weighted by molar-refractivity contribution is -0.152. The standard InChI is InChI=1S/C21H22O7/c1-4-5-14-7-12-8-17(24)21(3,19(25)15(12)10-27-14)28-20(26)18-11(2)6-13(22)9-16(18)23/h4-9,15,19,22-23,25H,10H2,1-3H3/b5-4+/t15-,19+,21-/m0/s1. The van der Waals surface area contributed by atoms with Crippen molar-refractivity contribution in [2.45, 2.75) is 32.5 Å². The van der Waals surface area contributed by atoms with Gasteiger partial charge in [0.1, 0.15) is 28.9 Å². The molecule has 0 unspecified atom stereocenters. The molecule has 3 rings (SSSR count). The monoisotopic (exact) mass is 386 g/mol. The summed E-state index contributed by atoms with van der Waals surface area (Å²) in [5, 5.41) is 30.3. The molecule has 148 valence electrons. The molecule has 3 N–H and O–H groups in total. The van der Waals surface area contributed by atoms with Crippen LogP contribution in [0.3, 0.4) is 0 Å². The van der Waals surface area contributed by atoms with Crippen LogP contribution in [0.1, 0.15) is 29.8 Å². The number of aliphatic hydroxyl groups excluding tert-OH is 1. The zero-order chi connectivity index (χ0) is 20.6. The zero-order valence-electron chi connectivity index (χ0n) is 15.8. The third-order valence-corrected chi connectivity index (χ3v) is 5.04. The lowest BCUT2D eigenvalue weighted by Crippen LogP contribution is -2.57. The minimum Gasteiger partial charge on any atom is -0.508 e. The van der Waals surface area contributed by atoms with Gasteiger partial charge in [-0.15, -0.1) is 0 Å². The van der Waals surface area contributed by atoms with Crippen LogP contribution in [0.2, 0.25) is 0 Å². The van der Waals surface area contributed by atoms with E-state index in [-0.39, 0.29) is 23.5 Å². The zero-order valence-corrected chi connectivity index (χ0v) is 15.8. The highest BCUT2D eigenvalue weighted by Gasteiger charge is 2.52. The van der Waals surface area contributed by atoms with Gasteiger partial charge in [-0.1, -0.05) is 6.08 Å². The van der Waals surface area contributed by atoms with Crippen LogP contribution < -0.4 is 0 Å². The number of phenolic OH excluding ortho intramolecular Hbond substituents is 2. The summed E-state index contributed by atoms with van der Waals surface area (Å²) in [6.45, 7) is 4.82.